The fourth-order valence-electron chi connectivity index (χ4n) is 5.45. The summed E-state index contributed by atoms with van der Waals surface area (Å²) in [5, 5.41) is 2.99. The third-order valence-electron chi connectivity index (χ3n) is 7.50. The number of fused-ring (bicyclic) bond motifs is 5. The van der Waals surface area contributed by atoms with Gasteiger partial charge < -0.3 is 24.4 Å². The van der Waals surface area contributed by atoms with E-state index in [2.05, 4.69) is 26.1 Å². The van der Waals surface area contributed by atoms with Crippen molar-refractivity contribution in [3.63, 3.8) is 0 Å². The number of hydrogen-bond donors (Lipinski definition) is 1. The molecule has 0 saturated carbocycles. The third kappa shape index (κ3) is 3.72. The van der Waals surface area contributed by atoms with E-state index in [9.17, 15) is 9.59 Å². The van der Waals surface area contributed by atoms with E-state index in [1.54, 1.807) is 0 Å². The van der Waals surface area contributed by atoms with E-state index in [1.807, 2.05) is 65.6 Å². The summed E-state index contributed by atoms with van der Waals surface area (Å²) >= 11 is 0. The molecule has 2 amide bonds. The molecule has 6 rings (SSSR count). The van der Waals surface area contributed by atoms with Gasteiger partial charge >= 0.3 is 0 Å². The van der Waals surface area contributed by atoms with Gasteiger partial charge in [-0.15, -0.1) is 0 Å². The number of benzene rings is 3. The van der Waals surface area contributed by atoms with Crippen molar-refractivity contribution in [1.29, 1.82) is 0 Å². The van der Waals surface area contributed by atoms with Gasteiger partial charge in [0.25, 0.3) is 5.91 Å². The van der Waals surface area contributed by atoms with Gasteiger partial charge in [-0.2, -0.15) is 0 Å². The standard InChI is InChI=1S/C30H30N2O5/c1-29(2,3)20-11-9-19(10-12-20)27(33)31-13-6-14-32-23-8-5-4-7-21(23)30(28(32)34)17-35-24-16-26-25(15-22(24)30)36-18-37-26/h4-5,7-12,15-16H,6,13-14,17-18H2,1-3H3,(H,31,33). The zero-order valence-electron chi connectivity index (χ0n) is 21.3. The Morgan fingerprint density at radius 3 is 2.43 bits per heavy atom. The molecule has 0 fully saturated rings. The Balaban J connectivity index is 1.17. The Bertz CT molecular complexity index is 1390. The van der Waals surface area contributed by atoms with Crippen molar-refractivity contribution in [2.45, 2.75) is 38.0 Å². The number of para-hydroxylation sites is 1. The van der Waals surface area contributed by atoms with Crippen LogP contribution in [0.2, 0.25) is 0 Å². The molecule has 37 heavy (non-hydrogen) atoms. The van der Waals surface area contributed by atoms with Gasteiger partial charge in [-0.1, -0.05) is 51.1 Å². The maximum atomic E-state index is 14.0. The summed E-state index contributed by atoms with van der Waals surface area (Å²) in [6.45, 7) is 7.79. The lowest BCUT2D eigenvalue weighted by Gasteiger charge is -2.23. The highest BCUT2D eigenvalue weighted by Crippen LogP contribution is 2.54. The van der Waals surface area contributed by atoms with Gasteiger partial charge in [0.1, 0.15) is 17.8 Å². The molecular formula is C30H30N2O5. The SMILES string of the molecule is CC(C)(C)c1ccc(C(=O)NCCCN2C(=O)C3(COc4cc5c(cc43)OCO5)c3ccccc32)cc1. The van der Waals surface area contributed by atoms with Crippen molar-refractivity contribution in [2.24, 2.45) is 0 Å². The number of amides is 2. The highest BCUT2D eigenvalue weighted by Gasteiger charge is 2.57. The van der Waals surface area contributed by atoms with Crippen LogP contribution in [0, 0.1) is 0 Å². The minimum atomic E-state index is -0.912. The Hall–Kier alpha value is -4.00. The summed E-state index contributed by atoms with van der Waals surface area (Å²) in [6, 6.07) is 19.3. The Kier molecular flexibility index (Phi) is 5.40. The normalized spacial score (nSPS) is 19.1. The first-order valence-electron chi connectivity index (χ1n) is 12.7. The maximum absolute atomic E-state index is 14.0. The number of nitrogens with zero attached hydrogens (tertiary/aromatic N) is 1. The lowest BCUT2D eigenvalue weighted by Crippen LogP contribution is -2.43. The van der Waals surface area contributed by atoms with E-state index in [0.717, 1.165) is 16.8 Å². The molecule has 3 aromatic rings. The van der Waals surface area contributed by atoms with Crippen LogP contribution < -0.4 is 24.4 Å². The summed E-state index contributed by atoms with van der Waals surface area (Å²) in [5.74, 6) is 1.79. The van der Waals surface area contributed by atoms with Crippen molar-refractivity contribution in [2.75, 3.05) is 31.4 Å². The molecule has 7 nitrogen and oxygen atoms in total. The molecule has 1 atom stereocenters. The molecule has 3 aromatic carbocycles. The summed E-state index contributed by atoms with van der Waals surface area (Å²) in [6.07, 6.45) is 0.622. The Morgan fingerprint density at radius 2 is 1.68 bits per heavy atom. The van der Waals surface area contributed by atoms with Gasteiger partial charge in [-0.3, -0.25) is 9.59 Å². The van der Waals surface area contributed by atoms with E-state index in [1.165, 1.54) is 5.56 Å². The molecule has 1 unspecified atom stereocenters. The van der Waals surface area contributed by atoms with Crippen molar-refractivity contribution in [3.05, 3.63) is 82.9 Å². The van der Waals surface area contributed by atoms with Gasteiger partial charge in [0.15, 0.2) is 11.5 Å². The monoisotopic (exact) mass is 498 g/mol. The van der Waals surface area contributed by atoms with Gasteiger partial charge in [0.05, 0.1) is 0 Å². The zero-order valence-corrected chi connectivity index (χ0v) is 21.3. The van der Waals surface area contributed by atoms with Crippen LogP contribution in [-0.4, -0.2) is 38.3 Å². The minimum Gasteiger partial charge on any atom is -0.491 e. The first-order chi connectivity index (χ1) is 17.8. The van der Waals surface area contributed by atoms with Gasteiger partial charge in [-0.25, -0.2) is 0 Å². The highest BCUT2D eigenvalue weighted by molar-refractivity contribution is 6.11. The fraction of sp³-hybridized carbons (Fsp3) is 0.333. The fourth-order valence-corrected chi connectivity index (χ4v) is 5.45. The number of carbonyl (C=O) groups is 2. The molecule has 3 aliphatic rings. The molecule has 0 aliphatic carbocycles. The summed E-state index contributed by atoms with van der Waals surface area (Å²) in [7, 11) is 0. The predicted octanol–water partition coefficient (Wildman–Crippen LogP) is 4.56. The third-order valence-corrected chi connectivity index (χ3v) is 7.50. The number of ether oxygens (including phenoxy) is 3. The smallest absolute Gasteiger partial charge is 0.251 e. The number of nitrogens with one attached hydrogen (secondary N) is 1. The second-order valence-corrected chi connectivity index (χ2v) is 10.8. The Morgan fingerprint density at radius 1 is 0.946 bits per heavy atom. The summed E-state index contributed by atoms with van der Waals surface area (Å²) < 4.78 is 17.1. The van der Waals surface area contributed by atoms with Crippen LogP contribution in [0.5, 0.6) is 17.2 Å². The van der Waals surface area contributed by atoms with Crippen LogP contribution in [0.3, 0.4) is 0 Å². The number of hydrogen-bond acceptors (Lipinski definition) is 5. The molecule has 0 aromatic heterocycles. The molecule has 3 heterocycles. The first-order valence-corrected chi connectivity index (χ1v) is 12.7. The molecule has 7 heteroatoms. The number of anilines is 1. The molecule has 3 aliphatic heterocycles. The predicted molar refractivity (Wildman–Crippen MR) is 140 cm³/mol. The van der Waals surface area contributed by atoms with Crippen LogP contribution in [0.15, 0.2) is 60.7 Å². The topological polar surface area (TPSA) is 77.1 Å². The lowest BCUT2D eigenvalue weighted by molar-refractivity contribution is -0.122. The highest BCUT2D eigenvalue weighted by atomic mass is 16.7. The van der Waals surface area contributed by atoms with Crippen LogP contribution in [0.4, 0.5) is 5.69 Å². The van der Waals surface area contributed by atoms with Crippen molar-refractivity contribution in [3.8, 4) is 17.2 Å². The van der Waals surface area contributed by atoms with Crippen LogP contribution in [0.25, 0.3) is 0 Å². The van der Waals surface area contributed by atoms with Crippen LogP contribution in [0.1, 0.15) is 54.2 Å². The molecule has 1 N–H and O–H groups in total. The maximum Gasteiger partial charge on any atom is 0.251 e. The van der Waals surface area contributed by atoms with Crippen LogP contribution >= 0.6 is 0 Å². The second-order valence-electron chi connectivity index (χ2n) is 10.8. The van der Waals surface area contributed by atoms with Crippen LogP contribution in [-0.2, 0) is 15.6 Å². The van der Waals surface area contributed by atoms with E-state index in [0.29, 0.717) is 42.3 Å². The van der Waals surface area contributed by atoms with Gasteiger partial charge in [0.2, 0.25) is 12.7 Å². The average molecular weight is 499 g/mol. The molecule has 190 valence electrons. The summed E-state index contributed by atoms with van der Waals surface area (Å²) in [4.78, 5) is 28.5. The molecule has 0 bridgehead atoms. The average Bonchev–Trinajstić information content (AvgIpc) is 3.56. The number of rotatable bonds is 5. The quantitative estimate of drug-likeness (QED) is 0.522. The van der Waals surface area contributed by atoms with Crippen molar-refractivity contribution < 1.29 is 23.8 Å². The molecule has 0 saturated heterocycles. The van der Waals surface area contributed by atoms with E-state index < -0.39 is 5.41 Å². The number of carbonyl (C=O) groups excluding carboxylic acids is 2. The molecule has 0 radical (unpaired) electrons. The first kappa shape index (κ1) is 23.4. The van der Waals surface area contributed by atoms with Gasteiger partial charge in [-0.05, 0) is 47.2 Å². The van der Waals surface area contributed by atoms with Crippen molar-refractivity contribution >= 4 is 17.5 Å². The van der Waals surface area contributed by atoms with Gasteiger partial charge in [0, 0.05) is 36.0 Å². The lowest BCUT2D eigenvalue weighted by atomic mass is 9.77. The second kappa shape index (κ2) is 8.54. The Labute approximate surface area is 216 Å². The minimum absolute atomic E-state index is 0.0181. The summed E-state index contributed by atoms with van der Waals surface area (Å²) in [5.41, 5.74) is 3.57. The largest absolute Gasteiger partial charge is 0.491 e. The van der Waals surface area contributed by atoms with E-state index in [-0.39, 0.29) is 30.6 Å². The molecule has 1 spiro atoms. The van der Waals surface area contributed by atoms with E-state index >= 15 is 0 Å². The van der Waals surface area contributed by atoms with Crippen molar-refractivity contribution in [1.82, 2.24) is 5.32 Å². The zero-order chi connectivity index (χ0) is 25.8. The van der Waals surface area contributed by atoms with E-state index in [4.69, 9.17) is 14.2 Å². The molecular weight excluding hydrogens is 468 g/mol.